The second kappa shape index (κ2) is 7.62. The Morgan fingerprint density at radius 2 is 2.07 bits per heavy atom. The summed E-state index contributed by atoms with van der Waals surface area (Å²) >= 11 is 0. The maximum atomic E-state index is 13.0. The number of nitrogens with zero attached hydrogens (tertiary/aromatic N) is 3. The molecule has 8 heteroatoms. The van der Waals surface area contributed by atoms with Gasteiger partial charge in [0.2, 0.25) is 5.91 Å². The lowest BCUT2D eigenvalue weighted by Crippen LogP contribution is -2.39. The molecule has 0 spiro atoms. The fraction of sp³-hybridized carbons (Fsp3) is 0.474. The van der Waals surface area contributed by atoms with Crippen LogP contribution in [0.1, 0.15) is 36.6 Å². The summed E-state index contributed by atoms with van der Waals surface area (Å²) in [5.41, 5.74) is 1.41. The minimum absolute atomic E-state index is 0.0324. The van der Waals surface area contributed by atoms with E-state index >= 15 is 0 Å². The maximum absolute atomic E-state index is 13.0. The van der Waals surface area contributed by atoms with Crippen LogP contribution in [0.2, 0.25) is 0 Å². The van der Waals surface area contributed by atoms with Crippen LogP contribution in [0, 0.1) is 0 Å². The van der Waals surface area contributed by atoms with E-state index in [0.717, 1.165) is 23.2 Å². The number of aryl methyl sites for hydroxylation is 2. The molecule has 1 aliphatic rings. The third kappa shape index (κ3) is 4.43. The third-order valence-corrected chi connectivity index (χ3v) is 4.89. The summed E-state index contributed by atoms with van der Waals surface area (Å²) in [6.07, 6.45) is -0.995. The van der Waals surface area contributed by atoms with Crippen molar-refractivity contribution >= 4 is 11.6 Å². The van der Waals surface area contributed by atoms with Gasteiger partial charge in [0.15, 0.2) is 5.69 Å². The number of hydrogen-bond donors (Lipinski definition) is 1. The van der Waals surface area contributed by atoms with Gasteiger partial charge >= 0.3 is 6.18 Å². The fourth-order valence-electron chi connectivity index (χ4n) is 3.51. The van der Waals surface area contributed by atoms with Crippen molar-refractivity contribution in [1.29, 1.82) is 0 Å². The van der Waals surface area contributed by atoms with Crippen molar-refractivity contribution in [3.05, 3.63) is 47.3 Å². The molecule has 2 aromatic rings. The van der Waals surface area contributed by atoms with Crippen molar-refractivity contribution in [2.24, 2.45) is 7.05 Å². The molecule has 1 aromatic heterocycles. The molecule has 3 rings (SSSR count). The topological polar surface area (TPSA) is 50.2 Å². The van der Waals surface area contributed by atoms with E-state index in [9.17, 15) is 18.0 Å². The summed E-state index contributed by atoms with van der Waals surface area (Å²) in [6.45, 7) is 2.47. The number of para-hydroxylation sites is 1. The highest BCUT2D eigenvalue weighted by Crippen LogP contribution is 2.31. The standard InChI is InChI=1S/C19H23F3N4O/c1-13-7-8-14-5-3-4-6-16(14)26(13)10-9-17(27)23-11-15-12-25(2)24-18(15)19(20,21)22/h3-6,12-13H,7-11H2,1-2H3,(H,23,27). The molecular weight excluding hydrogens is 357 g/mol. The Bertz CT molecular complexity index is 816. The number of nitrogens with one attached hydrogen (secondary N) is 1. The van der Waals surface area contributed by atoms with Crippen LogP contribution in [0.15, 0.2) is 30.5 Å². The number of amides is 1. The van der Waals surface area contributed by atoms with Crippen LogP contribution >= 0.6 is 0 Å². The molecule has 0 bridgehead atoms. The quantitative estimate of drug-likeness (QED) is 0.866. The van der Waals surface area contributed by atoms with E-state index in [2.05, 4.69) is 28.3 Å². The van der Waals surface area contributed by atoms with Gasteiger partial charge in [-0.1, -0.05) is 18.2 Å². The van der Waals surface area contributed by atoms with Crippen LogP contribution in [0.25, 0.3) is 0 Å². The first-order chi connectivity index (χ1) is 12.8. The predicted octanol–water partition coefficient (Wildman–Crippen LogP) is 3.29. The lowest BCUT2D eigenvalue weighted by atomic mass is 9.96. The summed E-state index contributed by atoms with van der Waals surface area (Å²) in [6, 6.07) is 8.45. The van der Waals surface area contributed by atoms with Crippen molar-refractivity contribution < 1.29 is 18.0 Å². The van der Waals surface area contributed by atoms with Gasteiger partial charge in [-0.25, -0.2) is 0 Å². The number of halogens is 3. The van der Waals surface area contributed by atoms with E-state index in [0.29, 0.717) is 12.6 Å². The Balaban J connectivity index is 1.58. The van der Waals surface area contributed by atoms with Crippen molar-refractivity contribution in [3.63, 3.8) is 0 Å². The van der Waals surface area contributed by atoms with Crippen LogP contribution in [0.3, 0.4) is 0 Å². The molecule has 2 heterocycles. The predicted molar refractivity (Wildman–Crippen MR) is 96.2 cm³/mol. The fourth-order valence-corrected chi connectivity index (χ4v) is 3.51. The number of fused-ring (bicyclic) bond motifs is 1. The molecule has 146 valence electrons. The number of rotatable bonds is 5. The van der Waals surface area contributed by atoms with Gasteiger partial charge in [-0.3, -0.25) is 9.48 Å². The maximum Gasteiger partial charge on any atom is 0.435 e. The Labute approximate surface area is 156 Å². The molecule has 27 heavy (non-hydrogen) atoms. The molecule has 5 nitrogen and oxygen atoms in total. The smallest absolute Gasteiger partial charge is 0.368 e. The van der Waals surface area contributed by atoms with Gasteiger partial charge in [0, 0.05) is 50.0 Å². The summed E-state index contributed by atoms with van der Waals surface area (Å²) in [4.78, 5) is 14.4. The van der Waals surface area contributed by atoms with E-state index in [1.165, 1.54) is 18.8 Å². The number of hydrogen-bond acceptors (Lipinski definition) is 3. The zero-order valence-electron chi connectivity index (χ0n) is 15.4. The van der Waals surface area contributed by atoms with E-state index < -0.39 is 11.9 Å². The van der Waals surface area contributed by atoms with Crippen molar-refractivity contribution in [2.45, 2.75) is 44.9 Å². The number of carbonyl (C=O) groups is 1. The summed E-state index contributed by atoms with van der Waals surface area (Å²) in [5.74, 6) is -0.276. The molecule has 0 saturated carbocycles. The molecule has 1 atom stereocenters. The average molecular weight is 380 g/mol. The van der Waals surface area contributed by atoms with Gasteiger partial charge in [0.1, 0.15) is 0 Å². The molecule has 1 aromatic carbocycles. The molecule has 1 unspecified atom stereocenters. The first kappa shape index (κ1) is 19.3. The van der Waals surface area contributed by atoms with Crippen LogP contribution in [0.5, 0.6) is 0 Å². The summed E-state index contributed by atoms with van der Waals surface area (Å²) < 4.78 is 40.0. The van der Waals surface area contributed by atoms with Gasteiger partial charge in [0.25, 0.3) is 0 Å². The normalized spacial score (nSPS) is 16.9. The highest BCUT2D eigenvalue weighted by Gasteiger charge is 2.36. The zero-order chi connectivity index (χ0) is 19.6. The first-order valence-electron chi connectivity index (χ1n) is 8.96. The molecule has 0 radical (unpaired) electrons. The van der Waals surface area contributed by atoms with Gasteiger partial charge < -0.3 is 10.2 Å². The number of carbonyl (C=O) groups excluding carboxylic acids is 1. The second-order valence-electron chi connectivity index (χ2n) is 6.91. The second-order valence-corrected chi connectivity index (χ2v) is 6.91. The van der Waals surface area contributed by atoms with Gasteiger partial charge in [-0.2, -0.15) is 18.3 Å². The largest absolute Gasteiger partial charge is 0.435 e. The molecule has 1 N–H and O–H groups in total. The highest BCUT2D eigenvalue weighted by molar-refractivity contribution is 5.76. The Kier molecular flexibility index (Phi) is 5.43. The molecular formula is C19H23F3N4O. The lowest BCUT2D eigenvalue weighted by Gasteiger charge is -2.37. The van der Waals surface area contributed by atoms with Crippen LogP contribution in [-0.4, -0.2) is 28.3 Å². The number of alkyl halides is 3. The van der Waals surface area contributed by atoms with Gasteiger partial charge in [0.05, 0.1) is 0 Å². The lowest BCUT2D eigenvalue weighted by molar-refractivity contribution is -0.142. The number of anilines is 1. The zero-order valence-corrected chi connectivity index (χ0v) is 15.4. The molecule has 0 saturated heterocycles. The highest BCUT2D eigenvalue weighted by atomic mass is 19.4. The first-order valence-corrected chi connectivity index (χ1v) is 8.96. The van der Waals surface area contributed by atoms with Gasteiger partial charge in [-0.15, -0.1) is 0 Å². The van der Waals surface area contributed by atoms with Gasteiger partial charge in [-0.05, 0) is 31.4 Å². The minimum Gasteiger partial charge on any atom is -0.368 e. The van der Waals surface area contributed by atoms with Crippen molar-refractivity contribution in [1.82, 2.24) is 15.1 Å². The van der Waals surface area contributed by atoms with Crippen molar-refractivity contribution in [2.75, 3.05) is 11.4 Å². The van der Waals surface area contributed by atoms with Crippen molar-refractivity contribution in [3.8, 4) is 0 Å². The number of benzene rings is 1. The van der Waals surface area contributed by atoms with E-state index in [1.54, 1.807) is 0 Å². The Hall–Kier alpha value is -2.51. The molecule has 0 fully saturated rings. The minimum atomic E-state index is -4.53. The van der Waals surface area contributed by atoms with E-state index in [4.69, 9.17) is 0 Å². The molecule has 0 aliphatic carbocycles. The van der Waals surface area contributed by atoms with E-state index in [-0.39, 0.29) is 24.4 Å². The molecule has 1 aliphatic heterocycles. The van der Waals surface area contributed by atoms with Crippen LogP contribution in [0.4, 0.5) is 18.9 Å². The van der Waals surface area contributed by atoms with E-state index in [1.807, 2.05) is 18.2 Å². The van der Waals surface area contributed by atoms with Crippen LogP contribution in [-0.2, 0) is 31.0 Å². The summed E-state index contributed by atoms with van der Waals surface area (Å²) in [7, 11) is 1.43. The Morgan fingerprint density at radius 3 is 2.81 bits per heavy atom. The van der Waals surface area contributed by atoms with Crippen LogP contribution < -0.4 is 10.2 Å². The average Bonchev–Trinajstić information content (AvgIpc) is 3.00. The Morgan fingerprint density at radius 1 is 1.33 bits per heavy atom. The third-order valence-electron chi connectivity index (χ3n) is 4.89. The monoisotopic (exact) mass is 380 g/mol. The number of aromatic nitrogens is 2. The summed E-state index contributed by atoms with van der Waals surface area (Å²) in [5, 5.41) is 6.03. The molecule has 1 amide bonds. The SMILES string of the molecule is CC1CCc2ccccc2N1CCC(=O)NCc1cn(C)nc1C(F)(F)F.